The molecule has 2 N–H and O–H groups in total. The van der Waals surface area contributed by atoms with E-state index in [9.17, 15) is 4.79 Å². The molecule has 2 heterocycles. The Hall–Kier alpha value is -2.28. The van der Waals surface area contributed by atoms with Crippen LogP contribution in [0.2, 0.25) is 0 Å². The SMILES string of the molecule is CC(CC(=O)Nc1cccc(-c2nnnn2C2CC2)c1)C1CCCNC1. The van der Waals surface area contributed by atoms with Crippen LogP contribution in [0.1, 0.15) is 45.1 Å². The summed E-state index contributed by atoms with van der Waals surface area (Å²) < 4.78 is 1.89. The first-order valence-corrected chi connectivity index (χ1v) is 9.59. The highest BCUT2D eigenvalue weighted by molar-refractivity contribution is 5.91. The molecule has 0 bridgehead atoms. The number of tetrazole rings is 1. The maximum absolute atomic E-state index is 12.5. The number of carbonyl (C=O) groups excluding carboxylic acids is 1. The standard InChI is InChI=1S/C19H26N6O/c1-13(15-5-3-9-20-12-15)10-18(26)21-16-6-2-4-14(11-16)19-22-23-24-25(19)17-7-8-17/h2,4,6,11,13,15,17,20H,3,5,7-10,12H2,1H3,(H,21,26). The van der Waals surface area contributed by atoms with Crippen molar-refractivity contribution >= 4 is 11.6 Å². The summed E-state index contributed by atoms with van der Waals surface area (Å²) in [5.41, 5.74) is 1.73. The molecule has 2 fully saturated rings. The second kappa shape index (κ2) is 7.53. The lowest BCUT2D eigenvalue weighted by Crippen LogP contribution is -2.34. The summed E-state index contributed by atoms with van der Waals surface area (Å²) in [5.74, 6) is 1.81. The van der Waals surface area contributed by atoms with Gasteiger partial charge in [-0.25, -0.2) is 4.68 Å². The van der Waals surface area contributed by atoms with E-state index < -0.39 is 0 Å². The lowest BCUT2D eigenvalue weighted by atomic mass is 9.85. The van der Waals surface area contributed by atoms with Gasteiger partial charge < -0.3 is 10.6 Å². The van der Waals surface area contributed by atoms with E-state index >= 15 is 0 Å². The Morgan fingerprint density at radius 1 is 1.38 bits per heavy atom. The number of hydrogen-bond donors (Lipinski definition) is 2. The van der Waals surface area contributed by atoms with Crippen LogP contribution in [0.3, 0.4) is 0 Å². The summed E-state index contributed by atoms with van der Waals surface area (Å²) in [7, 11) is 0. The van der Waals surface area contributed by atoms with Gasteiger partial charge in [0.15, 0.2) is 5.82 Å². The second-order valence-corrected chi connectivity index (χ2v) is 7.60. The molecule has 2 unspecified atom stereocenters. The topological polar surface area (TPSA) is 84.7 Å². The fraction of sp³-hybridized carbons (Fsp3) is 0.579. The minimum atomic E-state index is 0.0713. The van der Waals surface area contributed by atoms with Gasteiger partial charge in [0.1, 0.15) is 0 Å². The number of amides is 1. The smallest absolute Gasteiger partial charge is 0.224 e. The van der Waals surface area contributed by atoms with Crippen molar-refractivity contribution < 1.29 is 4.79 Å². The average Bonchev–Trinajstić information content (AvgIpc) is 3.39. The van der Waals surface area contributed by atoms with Crippen molar-refractivity contribution in [3.05, 3.63) is 24.3 Å². The summed E-state index contributed by atoms with van der Waals surface area (Å²) >= 11 is 0. The largest absolute Gasteiger partial charge is 0.326 e. The van der Waals surface area contributed by atoms with Crippen molar-refractivity contribution in [2.45, 2.75) is 45.1 Å². The molecule has 138 valence electrons. The predicted octanol–water partition coefficient (Wildman–Crippen LogP) is 2.64. The van der Waals surface area contributed by atoms with Crippen LogP contribution in [0.5, 0.6) is 0 Å². The average molecular weight is 354 g/mol. The number of piperidine rings is 1. The molecule has 2 aliphatic rings. The van der Waals surface area contributed by atoms with Crippen LogP contribution in [0.25, 0.3) is 11.4 Å². The third-order valence-electron chi connectivity index (χ3n) is 5.44. The number of anilines is 1. The zero-order chi connectivity index (χ0) is 17.9. The van der Waals surface area contributed by atoms with Crippen LogP contribution < -0.4 is 10.6 Å². The third-order valence-corrected chi connectivity index (χ3v) is 5.44. The van der Waals surface area contributed by atoms with E-state index in [1.165, 1.54) is 12.8 Å². The van der Waals surface area contributed by atoms with Gasteiger partial charge in [-0.15, -0.1) is 5.10 Å². The lowest BCUT2D eigenvalue weighted by Gasteiger charge is -2.28. The number of nitrogens with zero attached hydrogens (tertiary/aromatic N) is 4. The molecule has 1 amide bonds. The molecule has 2 atom stereocenters. The van der Waals surface area contributed by atoms with E-state index in [1.54, 1.807) is 0 Å². The van der Waals surface area contributed by atoms with Crippen LogP contribution in [-0.4, -0.2) is 39.2 Å². The summed E-state index contributed by atoms with van der Waals surface area (Å²) in [5, 5.41) is 18.5. The van der Waals surface area contributed by atoms with Crippen LogP contribution in [0, 0.1) is 11.8 Å². The molecule has 1 aliphatic heterocycles. The Balaban J connectivity index is 1.40. The fourth-order valence-electron chi connectivity index (χ4n) is 3.72. The molecule has 0 radical (unpaired) electrons. The minimum Gasteiger partial charge on any atom is -0.326 e. The number of benzene rings is 1. The number of nitrogens with one attached hydrogen (secondary N) is 2. The van der Waals surface area contributed by atoms with Crippen molar-refractivity contribution in [1.29, 1.82) is 0 Å². The van der Waals surface area contributed by atoms with Crippen molar-refractivity contribution in [1.82, 2.24) is 25.5 Å². The maximum Gasteiger partial charge on any atom is 0.224 e. The molecule has 0 spiro atoms. The Morgan fingerprint density at radius 3 is 3.04 bits per heavy atom. The first-order valence-electron chi connectivity index (χ1n) is 9.59. The van der Waals surface area contributed by atoms with Gasteiger partial charge in [-0.1, -0.05) is 19.1 Å². The molecule has 1 aliphatic carbocycles. The highest BCUT2D eigenvalue weighted by Gasteiger charge is 2.28. The van der Waals surface area contributed by atoms with Crippen LogP contribution in [0.4, 0.5) is 5.69 Å². The lowest BCUT2D eigenvalue weighted by molar-refractivity contribution is -0.117. The van der Waals surface area contributed by atoms with E-state index in [1.807, 2.05) is 28.9 Å². The van der Waals surface area contributed by atoms with Gasteiger partial charge in [-0.05, 0) is 73.2 Å². The van der Waals surface area contributed by atoms with Gasteiger partial charge in [0.25, 0.3) is 0 Å². The summed E-state index contributed by atoms with van der Waals surface area (Å²) in [6, 6.07) is 8.21. The first kappa shape index (κ1) is 17.1. The number of rotatable bonds is 6. The molecular weight excluding hydrogens is 328 g/mol. The van der Waals surface area contributed by atoms with Gasteiger partial charge >= 0.3 is 0 Å². The molecule has 1 aromatic heterocycles. The zero-order valence-electron chi connectivity index (χ0n) is 15.2. The van der Waals surface area contributed by atoms with Crippen molar-refractivity contribution in [2.75, 3.05) is 18.4 Å². The number of hydrogen-bond acceptors (Lipinski definition) is 5. The minimum absolute atomic E-state index is 0.0713. The fourth-order valence-corrected chi connectivity index (χ4v) is 3.72. The van der Waals surface area contributed by atoms with Crippen molar-refractivity contribution in [2.24, 2.45) is 11.8 Å². The van der Waals surface area contributed by atoms with Gasteiger partial charge in [0, 0.05) is 17.7 Å². The van der Waals surface area contributed by atoms with E-state index in [2.05, 4.69) is 33.1 Å². The highest BCUT2D eigenvalue weighted by Crippen LogP contribution is 2.36. The molecule has 7 nitrogen and oxygen atoms in total. The number of carbonyl (C=O) groups is 1. The number of aromatic nitrogens is 4. The van der Waals surface area contributed by atoms with Crippen molar-refractivity contribution in [3.8, 4) is 11.4 Å². The molecule has 1 aromatic carbocycles. The van der Waals surface area contributed by atoms with Crippen LogP contribution in [0.15, 0.2) is 24.3 Å². The monoisotopic (exact) mass is 354 g/mol. The van der Waals surface area contributed by atoms with Gasteiger partial charge in [-0.3, -0.25) is 4.79 Å². The molecule has 1 saturated carbocycles. The van der Waals surface area contributed by atoms with Crippen LogP contribution in [-0.2, 0) is 4.79 Å². The molecule has 7 heteroatoms. The Labute approximate surface area is 153 Å². The molecule has 26 heavy (non-hydrogen) atoms. The van der Waals surface area contributed by atoms with Gasteiger partial charge in [0.05, 0.1) is 6.04 Å². The van der Waals surface area contributed by atoms with Crippen LogP contribution >= 0.6 is 0 Å². The van der Waals surface area contributed by atoms with E-state index in [4.69, 9.17) is 0 Å². The molecule has 2 aromatic rings. The third kappa shape index (κ3) is 3.93. The van der Waals surface area contributed by atoms with E-state index in [-0.39, 0.29) is 5.91 Å². The van der Waals surface area contributed by atoms with E-state index in [0.717, 1.165) is 43.0 Å². The summed E-state index contributed by atoms with van der Waals surface area (Å²) in [6.07, 6.45) is 5.22. The molecule has 1 saturated heterocycles. The predicted molar refractivity (Wildman–Crippen MR) is 99.5 cm³/mol. The molecular formula is C19H26N6O. The van der Waals surface area contributed by atoms with Gasteiger partial charge in [0.2, 0.25) is 5.91 Å². The zero-order valence-corrected chi connectivity index (χ0v) is 15.2. The summed E-state index contributed by atoms with van der Waals surface area (Å²) in [6.45, 7) is 4.30. The quantitative estimate of drug-likeness (QED) is 0.833. The first-order chi connectivity index (χ1) is 12.7. The molecule has 4 rings (SSSR count). The maximum atomic E-state index is 12.5. The highest BCUT2D eigenvalue weighted by atomic mass is 16.1. The Kier molecular flexibility index (Phi) is 4.97. The Morgan fingerprint density at radius 2 is 2.27 bits per heavy atom. The van der Waals surface area contributed by atoms with Crippen molar-refractivity contribution in [3.63, 3.8) is 0 Å². The Bertz CT molecular complexity index is 763. The second-order valence-electron chi connectivity index (χ2n) is 7.60. The van der Waals surface area contributed by atoms with Gasteiger partial charge in [-0.2, -0.15) is 0 Å². The summed E-state index contributed by atoms with van der Waals surface area (Å²) in [4.78, 5) is 12.5. The normalized spacial score (nSPS) is 21.3. The van der Waals surface area contributed by atoms with E-state index in [0.29, 0.717) is 24.3 Å².